The van der Waals surface area contributed by atoms with E-state index in [9.17, 15) is 17.6 Å². The largest absolute Gasteiger partial charge is 0.488 e. The number of hydrogen-bond donors (Lipinski definition) is 2. The molecule has 1 aliphatic heterocycles. The summed E-state index contributed by atoms with van der Waals surface area (Å²) < 4.78 is 42.4. The van der Waals surface area contributed by atoms with Crippen LogP contribution in [0, 0.1) is 5.82 Å². The maximum absolute atomic E-state index is 13.8. The van der Waals surface area contributed by atoms with Crippen LogP contribution in [0.2, 0.25) is 0 Å². The van der Waals surface area contributed by atoms with Crippen molar-refractivity contribution < 1.29 is 22.3 Å². The van der Waals surface area contributed by atoms with Crippen molar-refractivity contribution in [3.63, 3.8) is 0 Å². The number of benzene rings is 2. The van der Waals surface area contributed by atoms with E-state index in [2.05, 4.69) is 10.6 Å². The summed E-state index contributed by atoms with van der Waals surface area (Å²) >= 11 is 0. The average Bonchev–Trinajstić information content (AvgIpc) is 2.99. The number of halogens is 1. The maximum atomic E-state index is 13.8. The highest BCUT2D eigenvalue weighted by molar-refractivity contribution is 7.91. The van der Waals surface area contributed by atoms with Crippen LogP contribution in [0.15, 0.2) is 54.6 Å². The number of nitrogens with one attached hydrogen (secondary N) is 2. The summed E-state index contributed by atoms with van der Waals surface area (Å²) in [5.41, 5.74) is 0.794. The number of rotatable bonds is 6. The van der Waals surface area contributed by atoms with Crippen molar-refractivity contribution in [1.29, 1.82) is 0 Å². The predicted octanol–water partition coefficient (Wildman–Crippen LogP) is 2.43. The van der Waals surface area contributed by atoms with Crippen molar-refractivity contribution in [3.05, 3.63) is 66.0 Å². The molecule has 6 nitrogen and oxygen atoms in total. The molecule has 0 spiro atoms. The zero-order valence-corrected chi connectivity index (χ0v) is 15.4. The van der Waals surface area contributed by atoms with Crippen molar-refractivity contribution >= 4 is 15.9 Å². The normalized spacial score (nSPS) is 19.2. The first-order valence-electron chi connectivity index (χ1n) is 8.63. The number of amides is 2. The van der Waals surface area contributed by atoms with E-state index in [1.807, 2.05) is 30.3 Å². The number of carbonyl (C=O) groups excluding carboxylic acids is 1. The van der Waals surface area contributed by atoms with E-state index >= 15 is 0 Å². The van der Waals surface area contributed by atoms with E-state index in [-0.39, 0.29) is 23.9 Å². The standard InChI is InChI=1S/C19H21FN2O4S/c20-16-8-4-5-9-18(16)26-12-17(14-6-2-1-3-7-14)22-19(23)21-15-10-11-27(24,25)13-15/h1-9,15,17H,10-13H2,(H2,21,22,23)/t15-,17-/m0/s1. The minimum atomic E-state index is -3.08. The van der Waals surface area contributed by atoms with Gasteiger partial charge in [-0.3, -0.25) is 0 Å². The maximum Gasteiger partial charge on any atom is 0.315 e. The molecule has 2 amide bonds. The minimum absolute atomic E-state index is 0.0291. The second kappa shape index (κ2) is 8.39. The number of para-hydroxylation sites is 1. The lowest BCUT2D eigenvalue weighted by Crippen LogP contribution is -2.45. The third-order valence-electron chi connectivity index (χ3n) is 4.32. The molecule has 1 fully saturated rings. The number of urea groups is 1. The van der Waals surface area contributed by atoms with Gasteiger partial charge in [-0.1, -0.05) is 42.5 Å². The number of sulfone groups is 1. The molecule has 0 saturated carbocycles. The number of ether oxygens (including phenoxy) is 1. The quantitative estimate of drug-likeness (QED) is 0.791. The summed E-state index contributed by atoms with van der Waals surface area (Å²) in [6.45, 7) is 0.0291. The second-order valence-electron chi connectivity index (χ2n) is 6.42. The van der Waals surface area contributed by atoms with Gasteiger partial charge in [-0.05, 0) is 24.1 Å². The van der Waals surface area contributed by atoms with Crippen LogP contribution in [-0.2, 0) is 9.84 Å². The molecular weight excluding hydrogens is 371 g/mol. The van der Waals surface area contributed by atoms with Gasteiger partial charge in [0.15, 0.2) is 21.4 Å². The Hall–Kier alpha value is -2.61. The van der Waals surface area contributed by atoms with E-state index in [1.165, 1.54) is 12.1 Å². The topological polar surface area (TPSA) is 84.5 Å². The van der Waals surface area contributed by atoms with E-state index < -0.39 is 33.8 Å². The summed E-state index contributed by atoms with van der Waals surface area (Å²) in [5, 5.41) is 5.47. The Morgan fingerprint density at radius 2 is 1.85 bits per heavy atom. The van der Waals surface area contributed by atoms with Gasteiger partial charge in [-0.2, -0.15) is 0 Å². The van der Waals surface area contributed by atoms with E-state index in [0.717, 1.165) is 5.56 Å². The highest BCUT2D eigenvalue weighted by atomic mass is 32.2. The molecule has 3 rings (SSSR count). The van der Waals surface area contributed by atoms with Gasteiger partial charge >= 0.3 is 6.03 Å². The molecule has 0 unspecified atom stereocenters. The molecule has 1 aliphatic rings. The van der Waals surface area contributed by atoms with Gasteiger partial charge in [-0.15, -0.1) is 0 Å². The molecule has 0 aromatic heterocycles. The SMILES string of the molecule is O=C(N[C@H]1CCS(=O)(=O)C1)N[C@@H](COc1ccccc1F)c1ccccc1. The van der Waals surface area contributed by atoms with Crippen molar-refractivity contribution in [3.8, 4) is 5.75 Å². The Morgan fingerprint density at radius 3 is 2.52 bits per heavy atom. The third kappa shape index (κ3) is 5.43. The Balaban J connectivity index is 1.65. The van der Waals surface area contributed by atoms with Crippen LogP contribution in [0.4, 0.5) is 9.18 Å². The summed E-state index contributed by atoms with van der Waals surface area (Å²) in [7, 11) is -3.08. The molecule has 2 atom stereocenters. The monoisotopic (exact) mass is 392 g/mol. The third-order valence-corrected chi connectivity index (χ3v) is 6.09. The number of carbonyl (C=O) groups is 1. The minimum Gasteiger partial charge on any atom is -0.488 e. The summed E-state index contributed by atoms with van der Waals surface area (Å²) in [6.07, 6.45) is 0.400. The molecule has 144 valence electrons. The highest BCUT2D eigenvalue weighted by Gasteiger charge is 2.29. The van der Waals surface area contributed by atoms with Crippen molar-refractivity contribution in [1.82, 2.24) is 10.6 Å². The van der Waals surface area contributed by atoms with Gasteiger partial charge in [0.05, 0.1) is 17.5 Å². The van der Waals surface area contributed by atoms with Crippen LogP contribution in [-0.4, -0.2) is 38.6 Å². The Labute approximate surface area is 157 Å². The van der Waals surface area contributed by atoms with Gasteiger partial charge in [0, 0.05) is 6.04 Å². The highest BCUT2D eigenvalue weighted by Crippen LogP contribution is 2.19. The molecule has 1 saturated heterocycles. The lowest BCUT2D eigenvalue weighted by Gasteiger charge is -2.21. The van der Waals surface area contributed by atoms with Crippen LogP contribution < -0.4 is 15.4 Å². The Kier molecular flexibility index (Phi) is 5.95. The molecule has 8 heteroatoms. The molecular formula is C19H21FN2O4S. The van der Waals surface area contributed by atoms with E-state index in [1.54, 1.807) is 12.1 Å². The van der Waals surface area contributed by atoms with Gasteiger partial charge in [0.2, 0.25) is 0 Å². The smallest absolute Gasteiger partial charge is 0.315 e. The summed E-state index contributed by atoms with van der Waals surface area (Å²) in [6, 6.07) is 13.8. The fourth-order valence-electron chi connectivity index (χ4n) is 2.94. The zero-order chi connectivity index (χ0) is 19.3. The van der Waals surface area contributed by atoms with Crippen LogP contribution in [0.25, 0.3) is 0 Å². The van der Waals surface area contributed by atoms with Crippen molar-refractivity contribution in [2.24, 2.45) is 0 Å². The first kappa shape index (κ1) is 19.2. The average molecular weight is 392 g/mol. The van der Waals surface area contributed by atoms with Crippen LogP contribution in [0.3, 0.4) is 0 Å². The summed E-state index contributed by atoms with van der Waals surface area (Å²) in [5.74, 6) is -0.356. The van der Waals surface area contributed by atoms with Gasteiger partial charge in [0.1, 0.15) is 6.61 Å². The molecule has 2 aromatic carbocycles. The van der Waals surface area contributed by atoms with Crippen LogP contribution in [0.5, 0.6) is 5.75 Å². The Morgan fingerprint density at radius 1 is 1.15 bits per heavy atom. The molecule has 2 aromatic rings. The number of hydrogen-bond acceptors (Lipinski definition) is 4. The molecule has 1 heterocycles. The Bertz CT molecular complexity index is 890. The van der Waals surface area contributed by atoms with Crippen molar-refractivity contribution in [2.45, 2.75) is 18.5 Å². The molecule has 0 radical (unpaired) electrons. The van der Waals surface area contributed by atoms with Crippen molar-refractivity contribution in [2.75, 3.05) is 18.1 Å². The van der Waals surface area contributed by atoms with E-state index in [4.69, 9.17) is 4.74 Å². The van der Waals surface area contributed by atoms with Crippen LogP contribution >= 0.6 is 0 Å². The molecule has 0 aliphatic carbocycles. The lowest BCUT2D eigenvalue weighted by atomic mass is 10.1. The molecule has 0 bridgehead atoms. The summed E-state index contributed by atoms with van der Waals surface area (Å²) in [4.78, 5) is 12.3. The first-order valence-corrected chi connectivity index (χ1v) is 10.4. The van der Waals surface area contributed by atoms with Gasteiger partial charge in [0.25, 0.3) is 0 Å². The fourth-order valence-corrected chi connectivity index (χ4v) is 4.61. The molecule has 27 heavy (non-hydrogen) atoms. The second-order valence-corrected chi connectivity index (χ2v) is 8.65. The molecule has 2 N–H and O–H groups in total. The predicted molar refractivity (Wildman–Crippen MR) is 99.8 cm³/mol. The first-order chi connectivity index (χ1) is 12.9. The van der Waals surface area contributed by atoms with E-state index in [0.29, 0.717) is 6.42 Å². The van der Waals surface area contributed by atoms with Gasteiger partial charge < -0.3 is 15.4 Å². The zero-order valence-electron chi connectivity index (χ0n) is 14.6. The van der Waals surface area contributed by atoms with Crippen LogP contribution in [0.1, 0.15) is 18.0 Å². The lowest BCUT2D eigenvalue weighted by molar-refractivity contribution is 0.219. The van der Waals surface area contributed by atoms with Gasteiger partial charge in [-0.25, -0.2) is 17.6 Å². The fraction of sp³-hybridized carbons (Fsp3) is 0.316.